The first-order valence-corrected chi connectivity index (χ1v) is 13.5. The molecule has 0 saturated heterocycles. The lowest BCUT2D eigenvalue weighted by atomic mass is 9.81. The molecule has 0 aromatic carbocycles. The van der Waals surface area contributed by atoms with Gasteiger partial charge in [0.2, 0.25) is 0 Å². The normalized spacial score (nSPS) is 17.7. The van der Waals surface area contributed by atoms with Gasteiger partial charge in [-0.3, -0.25) is 9.63 Å². The molecule has 202 valence electrons. The van der Waals surface area contributed by atoms with E-state index in [2.05, 4.69) is 25.3 Å². The predicted octanol–water partition coefficient (Wildman–Crippen LogP) is 4.63. The standard InChI is InChI=1S/C27H28N6O5S/c1-5-36-25(35)23-22-14(11-29-23)20(21-16(30-22)12-33(13-17(21)34)38-27(2,3)4)18-8-9-19(37-18)39-26-31-15-7-6-10-28-24(15)32-26/h6-11,20,29-30H,5,12-13H2,1-4H3,(H,28,31,32). The number of furan rings is 1. The van der Waals surface area contributed by atoms with E-state index in [9.17, 15) is 9.59 Å². The number of rotatable bonds is 6. The monoisotopic (exact) mass is 548 g/mol. The topological polar surface area (TPSA) is 138 Å². The van der Waals surface area contributed by atoms with E-state index in [1.165, 1.54) is 11.8 Å². The quantitative estimate of drug-likeness (QED) is 0.292. The van der Waals surface area contributed by atoms with Crippen LogP contribution in [-0.2, 0) is 14.4 Å². The van der Waals surface area contributed by atoms with Crippen molar-refractivity contribution >= 4 is 40.4 Å². The number of aromatic amines is 2. The van der Waals surface area contributed by atoms with Crippen molar-refractivity contribution in [1.29, 1.82) is 0 Å². The largest absolute Gasteiger partial charge is 0.461 e. The number of esters is 1. The molecule has 6 rings (SSSR count). The molecule has 11 nitrogen and oxygen atoms in total. The van der Waals surface area contributed by atoms with E-state index in [0.29, 0.717) is 50.9 Å². The zero-order valence-corrected chi connectivity index (χ0v) is 22.8. The summed E-state index contributed by atoms with van der Waals surface area (Å²) in [5.74, 6) is -0.508. The van der Waals surface area contributed by atoms with Crippen molar-refractivity contribution in [2.45, 2.75) is 49.5 Å². The fourth-order valence-electron chi connectivity index (χ4n) is 4.90. The van der Waals surface area contributed by atoms with Crippen molar-refractivity contribution < 1.29 is 23.6 Å². The number of nitrogens with one attached hydrogen (secondary N) is 3. The highest BCUT2D eigenvalue weighted by Gasteiger charge is 2.42. The van der Waals surface area contributed by atoms with Gasteiger partial charge in [0.1, 0.15) is 17.0 Å². The number of imidazole rings is 1. The molecule has 0 fully saturated rings. The first kappa shape index (κ1) is 25.4. The second-order valence-electron chi connectivity index (χ2n) is 10.3. The molecule has 0 aliphatic carbocycles. The predicted molar refractivity (Wildman–Crippen MR) is 143 cm³/mol. The van der Waals surface area contributed by atoms with E-state index in [4.69, 9.17) is 14.0 Å². The van der Waals surface area contributed by atoms with Gasteiger partial charge in [0, 0.05) is 29.2 Å². The van der Waals surface area contributed by atoms with Gasteiger partial charge >= 0.3 is 5.97 Å². The minimum absolute atomic E-state index is 0.0866. The SMILES string of the molecule is CCOC(=O)c1[nH]cc2c1NC1=C(C(=O)CN(OC(C)(C)C)C1)C2c1ccc(Sc2nc3cccnc3[nH]2)o1. The van der Waals surface area contributed by atoms with E-state index >= 15 is 0 Å². The summed E-state index contributed by atoms with van der Waals surface area (Å²) in [5, 5.41) is 6.22. The number of fused-ring (bicyclic) bond motifs is 2. The smallest absolute Gasteiger partial charge is 0.356 e. The Morgan fingerprint density at radius 3 is 2.87 bits per heavy atom. The third-order valence-electron chi connectivity index (χ3n) is 6.27. The number of carbonyl (C=O) groups excluding carboxylic acids is 2. The van der Waals surface area contributed by atoms with E-state index in [0.717, 1.165) is 11.1 Å². The van der Waals surface area contributed by atoms with Gasteiger partial charge in [-0.05, 0) is 63.7 Å². The Balaban J connectivity index is 1.38. The summed E-state index contributed by atoms with van der Waals surface area (Å²) in [5.41, 5.74) is 3.82. The lowest BCUT2D eigenvalue weighted by molar-refractivity contribution is -0.223. The van der Waals surface area contributed by atoms with Crippen LogP contribution >= 0.6 is 11.8 Å². The van der Waals surface area contributed by atoms with Crippen LogP contribution in [0.1, 0.15) is 55.4 Å². The van der Waals surface area contributed by atoms with Crippen molar-refractivity contribution in [3.05, 3.63) is 64.9 Å². The van der Waals surface area contributed by atoms with Gasteiger partial charge in [-0.1, -0.05) is 0 Å². The maximum absolute atomic E-state index is 13.6. The molecule has 0 bridgehead atoms. The molecular formula is C27H28N6O5S. The highest BCUT2D eigenvalue weighted by molar-refractivity contribution is 7.99. The lowest BCUT2D eigenvalue weighted by Gasteiger charge is -2.38. The molecule has 0 radical (unpaired) electrons. The molecule has 2 aliphatic rings. The Morgan fingerprint density at radius 1 is 1.26 bits per heavy atom. The van der Waals surface area contributed by atoms with Crippen molar-refractivity contribution in [2.24, 2.45) is 0 Å². The Hall–Kier alpha value is -3.87. The molecule has 1 atom stereocenters. The molecule has 6 heterocycles. The molecule has 1 unspecified atom stereocenters. The molecular weight excluding hydrogens is 520 g/mol. The number of hydrogen-bond donors (Lipinski definition) is 3. The molecule has 3 N–H and O–H groups in total. The van der Waals surface area contributed by atoms with Crippen LogP contribution in [0.4, 0.5) is 5.69 Å². The number of ether oxygens (including phenoxy) is 1. The Labute approximate surface area is 228 Å². The number of ketones is 1. The Morgan fingerprint density at radius 2 is 2.10 bits per heavy atom. The summed E-state index contributed by atoms with van der Waals surface area (Å²) >= 11 is 1.33. The molecule has 12 heteroatoms. The summed E-state index contributed by atoms with van der Waals surface area (Å²) < 4.78 is 11.6. The van der Waals surface area contributed by atoms with Gasteiger partial charge in [-0.15, -0.1) is 0 Å². The summed E-state index contributed by atoms with van der Waals surface area (Å²) in [6, 6.07) is 7.42. The number of aromatic nitrogens is 4. The first-order chi connectivity index (χ1) is 18.7. The van der Waals surface area contributed by atoms with Crippen molar-refractivity contribution in [2.75, 3.05) is 25.0 Å². The van der Waals surface area contributed by atoms with Crippen molar-refractivity contribution in [3.63, 3.8) is 0 Å². The van der Waals surface area contributed by atoms with Gasteiger partial charge in [0.05, 0.1) is 36.9 Å². The Bertz CT molecular complexity index is 1580. The van der Waals surface area contributed by atoms with Gasteiger partial charge in [-0.2, -0.15) is 5.06 Å². The number of pyridine rings is 1. The number of hydroxylamine groups is 2. The van der Waals surface area contributed by atoms with Crippen molar-refractivity contribution in [1.82, 2.24) is 25.0 Å². The Kier molecular flexibility index (Phi) is 6.32. The van der Waals surface area contributed by atoms with Gasteiger partial charge < -0.3 is 24.4 Å². The zero-order valence-electron chi connectivity index (χ0n) is 22.0. The number of nitrogens with zero attached hydrogens (tertiary/aromatic N) is 3. The van der Waals surface area contributed by atoms with Crippen LogP contribution in [0.25, 0.3) is 11.2 Å². The number of H-pyrrole nitrogens is 2. The molecule has 0 amide bonds. The van der Waals surface area contributed by atoms with Crippen LogP contribution in [0, 0.1) is 0 Å². The molecule has 0 saturated carbocycles. The number of anilines is 1. The van der Waals surface area contributed by atoms with E-state index in [1.807, 2.05) is 45.0 Å². The second kappa shape index (κ2) is 9.70. The molecule has 4 aromatic rings. The van der Waals surface area contributed by atoms with Crippen LogP contribution in [0.5, 0.6) is 0 Å². The minimum Gasteiger partial charge on any atom is -0.461 e. The second-order valence-corrected chi connectivity index (χ2v) is 11.3. The van der Waals surface area contributed by atoms with Gasteiger partial charge in [0.25, 0.3) is 0 Å². The summed E-state index contributed by atoms with van der Waals surface area (Å²) in [6.45, 7) is 8.24. The van der Waals surface area contributed by atoms with Crippen LogP contribution < -0.4 is 5.32 Å². The molecule has 2 aliphatic heterocycles. The number of carbonyl (C=O) groups is 2. The first-order valence-electron chi connectivity index (χ1n) is 12.6. The summed E-state index contributed by atoms with van der Waals surface area (Å²) in [4.78, 5) is 47.4. The third-order valence-corrected chi connectivity index (χ3v) is 7.07. The lowest BCUT2D eigenvalue weighted by Crippen LogP contribution is -2.45. The van der Waals surface area contributed by atoms with Crippen molar-refractivity contribution in [3.8, 4) is 0 Å². The van der Waals surface area contributed by atoms with Crippen LogP contribution in [0.3, 0.4) is 0 Å². The van der Waals surface area contributed by atoms with Crippen LogP contribution in [-0.4, -0.2) is 62.0 Å². The van der Waals surface area contributed by atoms with Gasteiger partial charge in [-0.25, -0.2) is 14.8 Å². The minimum atomic E-state index is -0.522. The highest BCUT2D eigenvalue weighted by atomic mass is 32.2. The molecule has 39 heavy (non-hydrogen) atoms. The highest BCUT2D eigenvalue weighted by Crippen LogP contribution is 2.46. The summed E-state index contributed by atoms with van der Waals surface area (Å²) in [7, 11) is 0. The summed E-state index contributed by atoms with van der Waals surface area (Å²) in [6.07, 6.45) is 3.44. The number of Topliss-reactive ketones (excluding diaryl/α,β-unsaturated/α-hetero) is 1. The zero-order chi connectivity index (χ0) is 27.3. The van der Waals surface area contributed by atoms with Gasteiger partial charge in [0.15, 0.2) is 21.7 Å². The van der Waals surface area contributed by atoms with E-state index in [1.54, 1.807) is 24.4 Å². The fraction of sp³-hybridized carbons (Fsp3) is 0.333. The fourth-order valence-corrected chi connectivity index (χ4v) is 5.66. The van der Waals surface area contributed by atoms with Crippen LogP contribution in [0.2, 0.25) is 0 Å². The number of hydrogen-bond acceptors (Lipinski definition) is 10. The van der Waals surface area contributed by atoms with E-state index < -0.39 is 17.5 Å². The van der Waals surface area contributed by atoms with E-state index in [-0.39, 0.29) is 18.9 Å². The average Bonchev–Trinajstić information content (AvgIpc) is 3.60. The average molecular weight is 549 g/mol. The maximum Gasteiger partial charge on any atom is 0.356 e. The third kappa shape index (κ3) is 4.86. The van der Waals surface area contributed by atoms with Crippen LogP contribution in [0.15, 0.2) is 62.6 Å². The maximum atomic E-state index is 13.6. The molecule has 0 spiro atoms. The molecule has 4 aromatic heterocycles.